The molecule has 0 atom stereocenters. The lowest BCUT2D eigenvalue weighted by Gasteiger charge is -1.92. The zero-order valence-corrected chi connectivity index (χ0v) is 6.53. The number of halogens is 1. The summed E-state index contributed by atoms with van der Waals surface area (Å²) in [5.74, 6) is 0. The van der Waals surface area contributed by atoms with Crippen LogP contribution in [0, 0.1) is 15.5 Å². The summed E-state index contributed by atoms with van der Waals surface area (Å²) in [6.45, 7) is 0. The Morgan fingerprint density at radius 2 is 2.56 bits per heavy atom. The maximum Gasteiger partial charge on any atom is 0.190 e. The van der Waals surface area contributed by atoms with Gasteiger partial charge in [0.25, 0.3) is 0 Å². The Labute approximate surface area is 63.6 Å². The van der Waals surface area contributed by atoms with Gasteiger partial charge >= 0.3 is 0 Å². The van der Waals surface area contributed by atoms with Gasteiger partial charge in [-0.1, -0.05) is 0 Å². The molecular weight excluding hydrogens is 206 g/mol. The third kappa shape index (κ3) is 1.28. The van der Waals surface area contributed by atoms with E-state index in [1.807, 2.05) is 0 Å². The van der Waals surface area contributed by atoms with Crippen LogP contribution in [0.4, 0.5) is 5.00 Å². The van der Waals surface area contributed by atoms with Crippen LogP contribution in [0.15, 0.2) is 10.5 Å². The summed E-state index contributed by atoms with van der Waals surface area (Å²) >= 11 is 3.99. The van der Waals surface area contributed by atoms with Gasteiger partial charge in [0.15, 0.2) is 5.00 Å². The van der Waals surface area contributed by atoms with Gasteiger partial charge in [0.1, 0.15) is 0 Å². The smallest absolute Gasteiger partial charge is 0.190 e. The summed E-state index contributed by atoms with van der Waals surface area (Å²) < 4.78 is 0.498. The maximum atomic E-state index is 10.0. The SMILES string of the molecule is O=[N+]([O-])c1s[c-]cc1Br. The lowest BCUT2D eigenvalue weighted by atomic mass is 10.6. The van der Waals surface area contributed by atoms with Crippen molar-refractivity contribution in [1.29, 1.82) is 0 Å². The van der Waals surface area contributed by atoms with Crippen molar-refractivity contribution in [1.82, 2.24) is 0 Å². The monoisotopic (exact) mass is 206 g/mol. The Balaban J connectivity index is 3.08. The van der Waals surface area contributed by atoms with E-state index in [0.717, 1.165) is 11.3 Å². The van der Waals surface area contributed by atoms with Gasteiger partial charge in [-0.3, -0.25) is 10.1 Å². The quantitative estimate of drug-likeness (QED) is 0.402. The molecule has 1 aromatic heterocycles. The number of hydrogen-bond donors (Lipinski definition) is 0. The third-order valence-corrected chi connectivity index (χ3v) is 2.38. The molecule has 0 saturated carbocycles. The normalized spacial score (nSPS) is 9.44. The number of rotatable bonds is 1. The zero-order valence-electron chi connectivity index (χ0n) is 4.13. The Morgan fingerprint density at radius 3 is 2.78 bits per heavy atom. The molecular formula is C4HBrNO2S-. The first-order valence-electron chi connectivity index (χ1n) is 2.01. The molecule has 1 rings (SSSR count). The van der Waals surface area contributed by atoms with Crippen molar-refractivity contribution in [3.8, 4) is 0 Å². The molecule has 1 heterocycles. The Morgan fingerprint density at radius 1 is 1.89 bits per heavy atom. The van der Waals surface area contributed by atoms with Crippen LogP contribution in [-0.2, 0) is 0 Å². The number of nitro groups is 1. The number of hydrogen-bond acceptors (Lipinski definition) is 3. The summed E-state index contributed by atoms with van der Waals surface area (Å²) in [6, 6.07) is 1.53. The van der Waals surface area contributed by atoms with Gasteiger partial charge in [-0.05, 0) is 4.47 Å². The van der Waals surface area contributed by atoms with Crippen LogP contribution in [-0.4, -0.2) is 4.92 Å². The van der Waals surface area contributed by atoms with E-state index < -0.39 is 4.92 Å². The second-order valence-electron chi connectivity index (χ2n) is 1.27. The maximum absolute atomic E-state index is 10.0. The van der Waals surface area contributed by atoms with Crippen LogP contribution >= 0.6 is 27.3 Å². The standard InChI is InChI=1S/C4HBrNO2S/c5-3-1-2-9-4(3)6(7)8/h1H/q-1. The molecule has 0 spiro atoms. The van der Waals surface area contributed by atoms with E-state index in [4.69, 9.17) is 0 Å². The molecule has 0 N–H and O–H groups in total. The first kappa shape index (κ1) is 6.70. The zero-order chi connectivity index (χ0) is 6.85. The molecule has 9 heavy (non-hydrogen) atoms. The van der Waals surface area contributed by atoms with Crippen LogP contribution in [0.5, 0.6) is 0 Å². The van der Waals surface area contributed by atoms with Crippen molar-refractivity contribution in [2.75, 3.05) is 0 Å². The van der Waals surface area contributed by atoms with Crippen molar-refractivity contribution >= 4 is 32.3 Å². The molecule has 0 aliphatic heterocycles. The van der Waals surface area contributed by atoms with Crippen LogP contribution in [0.1, 0.15) is 0 Å². The molecule has 48 valence electrons. The van der Waals surface area contributed by atoms with Crippen molar-refractivity contribution in [2.45, 2.75) is 0 Å². The van der Waals surface area contributed by atoms with Gasteiger partial charge in [0.2, 0.25) is 0 Å². The molecule has 3 nitrogen and oxygen atoms in total. The van der Waals surface area contributed by atoms with Crippen LogP contribution in [0.3, 0.4) is 0 Å². The molecule has 0 aliphatic rings. The average Bonchev–Trinajstić information content (AvgIpc) is 2.13. The summed E-state index contributed by atoms with van der Waals surface area (Å²) in [5, 5.41) is 12.8. The van der Waals surface area contributed by atoms with Crippen LogP contribution in [0.25, 0.3) is 0 Å². The number of nitrogens with zero attached hydrogens (tertiary/aromatic N) is 1. The van der Waals surface area contributed by atoms with Crippen LogP contribution in [0.2, 0.25) is 0 Å². The molecule has 0 bridgehead atoms. The van der Waals surface area contributed by atoms with E-state index >= 15 is 0 Å². The molecule has 1 aromatic rings. The molecule has 0 unspecified atom stereocenters. The summed E-state index contributed by atoms with van der Waals surface area (Å²) in [4.78, 5) is 9.61. The van der Waals surface area contributed by atoms with E-state index in [2.05, 4.69) is 21.3 Å². The predicted molar refractivity (Wildman–Crippen MR) is 37.5 cm³/mol. The van der Waals surface area contributed by atoms with Gasteiger partial charge in [0.05, 0.1) is 0 Å². The highest BCUT2D eigenvalue weighted by Gasteiger charge is 1.98. The minimum Gasteiger partial charge on any atom is -0.271 e. The fourth-order valence-electron chi connectivity index (χ4n) is 0.372. The van der Waals surface area contributed by atoms with Crippen molar-refractivity contribution in [3.05, 3.63) is 26.0 Å². The van der Waals surface area contributed by atoms with Crippen molar-refractivity contribution in [3.63, 3.8) is 0 Å². The van der Waals surface area contributed by atoms with Gasteiger partial charge in [-0.25, -0.2) is 11.3 Å². The topological polar surface area (TPSA) is 43.1 Å². The fraction of sp³-hybridized carbons (Fsp3) is 0. The highest BCUT2D eigenvalue weighted by Crippen LogP contribution is 2.29. The van der Waals surface area contributed by atoms with E-state index in [0.29, 0.717) is 4.47 Å². The minimum absolute atomic E-state index is 0.106. The highest BCUT2D eigenvalue weighted by atomic mass is 79.9. The Hall–Kier alpha value is -0.420. The molecule has 0 fully saturated rings. The molecule has 0 radical (unpaired) electrons. The molecule has 0 saturated heterocycles. The van der Waals surface area contributed by atoms with E-state index in [1.165, 1.54) is 6.07 Å². The lowest BCUT2D eigenvalue weighted by Crippen LogP contribution is -1.82. The molecule has 0 aliphatic carbocycles. The fourth-order valence-corrected chi connectivity index (χ4v) is 1.54. The summed E-state index contributed by atoms with van der Waals surface area (Å²) in [6.07, 6.45) is 0. The number of thiophene rings is 1. The first-order valence-corrected chi connectivity index (χ1v) is 3.62. The van der Waals surface area contributed by atoms with E-state index in [9.17, 15) is 10.1 Å². The lowest BCUT2D eigenvalue weighted by molar-refractivity contribution is -0.380. The van der Waals surface area contributed by atoms with Gasteiger partial charge in [-0.15, -0.1) is 21.3 Å². The van der Waals surface area contributed by atoms with Gasteiger partial charge < -0.3 is 0 Å². The van der Waals surface area contributed by atoms with Gasteiger partial charge in [-0.2, -0.15) is 6.07 Å². The van der Waals surface area contributed by atoms with E-state index in [1.54, 1.807) is 0 Å². The predicted octanol–water partition coefficient (Wildman–Crippen LogP) is 2.22. The largest absolute Gasteiger partial charge is 0.271 e. The second-order valence-corrected chi connectivity index (χ2v) is 2.96. The van der Waals surface area contributed by atoms with Crippen molar-refractivity contribution in [2.24, 2.45) is 0 Å². The first-order chi connectivity index (χ1) is 4.22. The van der Waals surface area contributed by atoms with Gasteiger partial charge in [0, 0.05) is 4.92 Å². The minimum atomic E-state index is -0.439. The van der Waals surface area contributed by atoms with Crippen LogP contribution < -0.4 is 0 Å². The summed E-state index contributed by atoms with van der Waals surface area (Å²) in [5.41, 5.74) is 0. The summed E-state index contributed by atoms with van der Waals surface area (Å²) in [7, 11) is 0. The van der Waals surface area contributed by atoms with Crippen molar-refractivity contribution < 1.29 is 4.92 Å². The second kappa shape index (κ2) is 2.45. The Kier molecular flexibility index (Phi) is 1.82. The third-order valence-electron chi connectivity index (χ3n) is 0.711. The van der Waals surface area contributed by atoms with E-state index in [-0.39, 0.29) is 5.00 Å². The Bertz CT molecular complexity index is 234. The molecule has 0 aromatic carbocycles. The highest BCUT2D eigenvalue weighted by molar-refractivity contribution is 9.10. The average molecular weight is 207 g/mol. The molecule has 5 heteroatoms. The molecule has 0 amide bonds.